The second-order valence-electron chi connectivity index (χ2n) is 8.32. The molecule has 0 bridgehead atoms. The van der Waals surface area contributed by atoms with E-state index in [1.54, 1.807) is 20.0 Å². The maximum Gasteiger partial charge on any atom is 0.248 e. The lowest BCUT2D eigenvalue weighted by Gasteiger charge is -2.38. The van der Waals surface area contributed by atoms with Crippen LogP contribution < -0.4 is 0 Å². The summed E-state index contributed by atoms with van der Waals surface area (Å²) in [5.74, 6) is 0.0317. The van der Waals surface area contributed by atoms with Crippen molar-refractivity contribution in [2.45, 2.75) is 38.1 Å². The van der Waals surface area contributed by atoms with Gasteiger partial charge in [0, 0.05) is 58.2 Å². The first-order valence-corrected chi connectivity index (χ1v) is 12.1. The van der Waals surface area contributed by atoms with Crippen LogP contribution in [-0.2, 0) is 21.4 Å². The quantitative estimate of drug-likeness (QED) is 0.684. The van der Waals surface area contributed by atoms with Gasteiger partial charge in [-0.2, -0.15) is 4.31 Å². The molecule has 9 nitrogen and oxygen atoms in total. The number of nitrogens with zero attached hydrogens (tertiary/aromatic N) is 5. The Hall–Kier alpha value is -2.30. The highest BCUT2D eigenvalue weighted by molar-refractivity contribution is 7.89. The Labute approximate surface area is 183 Å². The van der Waals surface area contributed by atoms with E-state index < -0.39 is 10.0 Å². The molecule has 31 heavy (non-hydrogen) atoms. The molecule has 1 unspecified atom stereocenters. The third kappa shape index (κ3) is 4.65. The van der Waals surface area contributed by atoms with Gasteiger partial charge in [0.15, 0.2) is 5.76 Å². The van der Waals surface area contributed by atoms with Gasteiger partial charge < -0.3 is 9.42 Å². The number of carbonyl (C=O) groups excluding carboxylic acids is 1. The standard InChI is InChI=1S/C21H29N5O4S/c1-16-20(17(2)30-23-16)31(28,29)26-8-4-6-19(15-26)21(27)25-11-9-24(10-12-25)14-18-5-3-7-22-13-18/h3,5,7,13,19H,4,6,8-12,14-15H2,1-2H3. The molecule has 0 aliphatic carbocycles. The minimum absolute atomic E-state index is 0.0553. The van der Waals surface area contributed by atoms with Crippen LogP contribution in [0.5, 0.6) is 0 Å². The molecule has 2 aliphatic heterocycles. The first kappa shape index (κ1) is 21.9. The van der Waals surface area contributed by atoms with Crippen molar-refractivity contribution in [3.8, 4) is 0 Å². The van der Waals surface area contributed by atoms with Crippen LogP contribution in [-0.4, -0.2) is 77.8 Å². The Morgan fingerprint density at radius 1 is 1.19 bits per heavy atom. The lowest BCUT2D eigenvalue weighted by atomic mass is 9.97. The van der Waals surface area contributed by atoms with E-state index in [-0.39, 0.29) is 29.0 Å². The summed E-state index contributed by atoms with van der Waals surface area (Å²) in [4.78, 5) is 21.6. The fraction of sp³-hybridized carbons (Fsp3) is 0.571. The Bertz CT molecular complexity index is 996. The van der Waals surface area contributed by atoms with Crippen LogP contribution in [0.15, 0.2) is 33.9 Å². The molecule has 2 fully saturated rings. The second kappa shape index (κ2) is 9.05. The van der Waals surface area contributed by atoms with E-state index in [0.717, 1.165) is 25.2 Å². The van der Waals surface area contributed by atoms with Gasteiger partial charge in [-0.15, -0.1) is 0 Å². The van der Waals surface area contributed by atoms with Crippen molar-refractivity contribution in [2.24, 2.45) is 5.92 Å². The normalized spacial score (nSPS) is 21.4. The summed E-state index contributed by atoms with van der Waals surface area (Å²) in [5.41, 5.74) is 1.52. The van der Waals surface area contributed by atoms with Crippen molar-refractivity contribution in [3.05, 3.63) is 41.5 Å². The zero-order valence-corrected chi connectivity index (χ0v) is 18.8. The first-order chi connectivity index (χ1) is 14.9. The number of carbonyl (C=O) groups is 1. The van der Waals surface area contributed by atoms with Crippen LogP contribution in [0.4, 0.5) is 0 Å². The van der Waals surface area contributed by atoms with Gasteiger partial charge in [0.1, 0.15) is 10.6 Å². The lowest BCUT2D eigenvalue weighted by Crippen LogP contribution is -2.52. The minimum atomic E-state index is -3.73. The molecule has 0 spiro atoms. The highest BCUT2D eigenvalue weighted by Crippen LogP contribution is 2.28. The van der Waals surface area contributed by atoms with Crippen LogP contribution in [0.1, 0.15) is 29.9 Å². The number of piperidine rings is 1. The summed E-state index contributed by atoms with van der Waals surface area (Å²) >= 11 is 0. The number of pyridine rings is 1. The molecule has 1 amide bonds. The van der Waals surface area contributed by atoms with Crippen LogP contribution in [0.25, 0.3) is 0 Å². The molecule has 2 aromatic rings. The summed E-state index contributed by atoms with van der Waals surface area (Å²) in [6, 6.07) is 3.99. The minimum Gasteiger partial charge on any atom is -0.360 e. The molecule has 10 heteroatoms. The van der Waals surface area contributed by atoms with Gasteiger partial charge in [0.2, 0.25) is 15.9 Å². The smallest absolute Gasteiger partial charge is 0.248 e. The van der Waals surface area contributed by atoms with Gasteiger partial charge in [0.05, 0.1) is 5.92 Å². The van der Waals surface area contributed by atoms with Crippen LogP contribution in [0.3, 0.4) is 0 Å². The molecular formula is C21H29N5O4S. The lowest BCUT2D eigenvalue weighted by molar-refractivity contribution is -0.138. The van der Waals surface area contributed by atoms with E-state index in [1.165, 1.54) is 4.31 Å². The molecule has 0 saturated carbocycles. The number of amides is 1. The molecule has 1 atom stereocenters. The molecule has 2 aliphatic rings. The molecule has 2 aromatic heterocycles. The largest absolute Gasteiger partial charge is 0.360 e. The van der Waals surface area contributed by atoms with Gasteiger partial charge in [-0.25, -0.2) is 8.42 Å². The summed E-state index contributed by atoms with van der Waals surface area (Å²) in [6.07, 6.45) is 5.01. The predicted molar refractivity (Wildman–Crippen MR) is 114 cm³/mol. The number of piperazine rings is 1. The van der Waals surface area contributed by atoms with Crippen molar-refractivity contribution in [2.75, 3.05) is 39.3 Å². The Balaban J connectivity index is 1.36. The molecule has 4 rings (SSSR count). The molecular weight excluding hydrogens is 418 g/mol. The van der Waals surface area contributed by atoms with Crippen LogP contribution >= 0.6 is 0 Å². The highest BCUT2D eigenvalue weighted by atomic mass is 32.2. The molecule has 0 aromatic carbocycles. The summed E-state index contributed by atoms with van der Waals surface area (Å²) in [7, 11) is -3.73. The number of aryl methyl sites for hydroxylation is 2. The highest BCUT2D eigenvalue weighted by Gasteiger charge is 2.38. The average Bonchev–Trinajstić information content (AvgIpc) is 3.13. The van der Waals surface area contributed by atoms with E-state index >= 15 is 0 Å². The second-order valence-corrected chi connectivity index (χ2v) is 10.2. The van der Waals surface area contributed by atoms with Gasteiger partial charge >= 0.3 is 0 Å². The molecule has 168 valence electrons. The number of rotatable bonds is 5. The van der Waals surface area contributed by atoms with E-state index in [2.05, 4.69) is 21.1 Å². The van der Waals surface area contributed by atoms with Crippen molar-refractivity contribution < 1.29 is 17.7 Å². The molecule has 0 N–H and O–H groups in total. The molecule has 2 saturated heterocycles. The predicted octanol–water partition coefficient (Wildman–Crippen LogP) is 1.43. The van der Waals surface area contributed by atoms with Gasteiger partial charge in [-0.3, -0.25) is 14.7 Å². The fourth-order valence-electron chi connectivity index (χ4n) is 4.47. The monoisotopic (exact) mass is 447 g/mol. The Morgan fingerprint density at radius 2 is 1.97 bits per heavy atom. The first-order valence-electron chi connectivity index (χ1n) is 10.7. The van der Waals surface area contributed by atoms with E-state index in [0.29, 0.717) is 38.2 Å². The van der Waals surface area contributed by atoms with Gasteiger partial charge in [0.25, 0.3) is 0 Å². The van der Waals surface area contributed by atoms with Crippen LogP contribution in [0, 0.1) is 19.8 Å². The molecule has 0 radical (unpaired) electrons. The zero-order valence-electron chi connectivity index (χ0n) is 18.0. The number of hydrogen-bond donors (Lipinski definition) is 0. The van der Waals surface area contributed by atoms with E-state index in [9.17, 15) is 13.2 Å². The van der Waals surface area contributed by atoms with Crippen molar-refractivity contribution in [1.82, 2.24) is 24.2 Å². The molecule has 4 heterocycles. The van der Waals surface area contributed by atoms with Gasteiger partial charge in [-0.1, -0.05) is 11.2 Å². The van der Waals surface area contributed by atoms with E-state index in [1.807, 2.05) is 17.2 Å². The fourth-order valence-corrected chi connectivity index (χ4v) is 6.28. The number of aromatic nitrogens is 2. The zero-order chi connectivity index (χ0) is 22.0. The number of sulfonamides is 1. The summed E-state index contributed by atoms with van der Waals surface area (Å²) in [5, 5.41) is 3.78. The van der Waals surface area contributed by atoms with Crippen molar-refractivity contribution in [1.29, 1.82) is 0 Å². The summed E-state index contributed by atoms with van der Waals surface area (Å²) < 4.78 is 32.8. The maximum absolute atomic E-state index is 13.2. The Morgan fingerprint density at radius 3 is 2.61 bits per heavy atom. The summed E-state index contributed by atoms with van der Waals surface area (Å²) in [6.45, 7) is 7.59. The van der Waals surface area contributed by atoms with E-state index in [4.69, 9.17) is 4.52 Å². The topological polar surface area (TPSA) is 99.8 Å². The average molecular weight is 448 g/mol. The van der Waals surface area contributed by atoms with Crippen molar-refractivity contribution in [3.63, 3.8) is 0 Å². The third-order valence-corrected chi connectivity index (χ3v) is 8.22. The van der Waals surface area contributed by atoms with Gasteiger partial charge in [-0.05, 0) is 38.3 Å². The van der Waals surface area contributed by atoms with Crippen molar-refractivity contribution >= 4 is 15.9 Å². The number of hydrogen-bond acceptors (Lipinski definition) is 7. The van der Waals surface area contributed by atoms with Crippen LogP contribution in [0.2, 0.25) is 0 Å². The third-order valence-electron chi connectivity index (χ3n) is 6.11. The SMILES string of the molecule is Cc1noc(C)c1S(=O)(=O)N1CCCC(C(=O)N2CCN(Cc3cccnc3)CC2)C1. The maximum atomic E-state index is 13.2. The Kier molecular flexibility index (Phi) is 6.40.